The summed E-state index contributed by atoms with van der Waals surface area (Å²) in [6.07, 6.45) is 10.5. The maximum absolute atomic E-state index is 5.01. The molecule has 0 nitrogen and oxygen atoms in total. The molecular weight excluding hydrogens is 140 g/mol. The highest BCUT2D eigenvalue weighted by Crippen LogP contribution is 2.17. The lowest BCUT2D eigenvalue weighted by Gasteiger charge is -2.07. The van der Waals surface area contributed by atoms with Gasteiger partial charge in [0.25, 0.3) is 0 Å². The molecule has 10 heavy (non-hydrogen) atoms. The van der Waals surface area contributed by atoms with Gasteiger partial charge in [-0.15, -0.1) is 0 Å². The van der Waals surface area contributed by atoms with Crippen molar-refractivity contribution in [3.05, 3.63) is 11.6 Å². The molecular formula is C9H15S. The normalized spacial score (nSPS) is 26.3. The lowest BCUT2D eigenvalue weighted by atomic mass is 10.0. The molecule has 0 aliphatic heterocycles. The average molecular weight is 155 g/mol. The molecule has 0 amide bonds. The van der Waals surface area contributed by atoms with E-state index in [9.17, 15) is 0 Å². The van der Waals surface area contributed by atoms with Crippen molar-refractivity contribution in [2.75, 3.05) is 5.75 Å². The molecule has 0 aromatic carbocycles. The van der Waals surface area contributed by atoms with Gasteiger partial charge in [-0.1, -0.05) is 37.1 Å². The standard InChI is InChI=1S/C9H15S/c10-8-9-6-4-2-1-3-5-7-9/h6H,1-5,7-8H2/b9-6+. The van der Waals surface area contributed by atoms with Crippen LogP contribution in [0.4, 0.5) is 0 Å². The van der Waals surface area contributed by atoms with Crippen molar-refractivity contribution in [3.8, 4) is 0 Å². The largest absolute Gasteiger partial charge is 0.0894 e. The Morgan fingerprint density at radius 1 is 1.20 bits per heavy atom. The molecule has 0 saturated heterocycles. The zero-order chi connectivity index (χ0) is 7.23. The summed E-state index contributed by atoms with van der Waals surface area (Å²) >= 11 is 5.01. The summed E-state index contributed by atoms with van der Waals surface area (Å²) in [6, 6.07) is 0. The molecule has 0 spiro atoms. The van der Waals surface area contributed by atoms with Crippen LogP contribution >= 0.6 is 12.6 Å². The smallest absolute Gasteiger partial charge is 0.0247 e. The van der Waals surface area contributed by atoms with Crippen LogP contribution in [0.2, 0.25) is 0 Å². The van der Waals surface area contributed by atoms with Gasteiger partial charge >= 0.3 is 0 Å². The van der Waals surface area contributed by atoms with Crippen LogP contribution in [-0.4, -0.2) is 5.75 Å². The highest BCUT2D eigenvalue weighted by Gasteiger charge is 1.99. The number of rotatable bonds is 1. The minimum atomic E-state index is 0.861. The molecule has 1 aliphatic carbocycles. The molecule has 0 atom stereocenters. The predicted octanol–water partition coefficient (Wildman–Crippen LogP) is 3.46. The highest BCUT2D eigenvalue weighted by atomic mass is 32.1. The van der Waals surface area contributed by atoms with Crippen LogP contribution in [0.3, 0.4) is 0 Å². The third-order valence-electron chi connectivity index (χ3n) is 2.07. The van der Waals surface area contributed by atoms with Crippen molar-refractivity contribution in [1.29, 1.82) is 0 Å². The van der Waals surface area contributed by atoms with Crippen LogP contribution in [0.15, 0.2) is 11.6 Å². The molecule has 0 heterocycles. The van der Waals surface area contributed by atoms with Crippen molar-refractivity contribution >= 4 is 12.6 Å². The Morgan fingerprint density at radius 3 is 2.80 bits per heavy atom. The van der Waals surface area contributed by atoms with Gasteiger partial charge in [-0.3, -0.25) is 0 Å². The molecule has 0 unspecified atom stereocenters. The Bertz CT molecular complexity index is 116. The molecule has 1 aliphatic rings. The predicted molar refractivity (Wildman–Crippen MR) is 48.2 cm³/mol. The fourth-order valence-electron chi connectivity index (χ4n) is 1.39. The van der Waals surface area contributed by atoms with Crippen molar-refractivity contribution in [1.82, 2.24) is 0 Å². The van der Waals surface area contributed by atoms with Crippen LogP contribution in [0, 0.1) is 0 Å². The SMILES string of the molecule is [S]C/C1=C/CCCCCC1. The van der Waals surface area contributed by atoms with Gasteiger partial charge in [0.2, 0.25) is 0 Å². The number of hydrogen-bond acceptors (Lipinski definition) is 0. The van der Waals surface area contributed by atoms with Crippen molar-refractivity contribution in [2.24, 2.45) is 0 Å². The Kier molecular flexibility index (Phi) is 3.96. The molecule has 0 aromatic rings. The second kappa shape index (κ2) is 4.84. The maximum atomic E-state index is 5.01. The first-order valence-corrected chi connectivity index (χ1v) is 4.77. The maximum Gasteiger partial charge on any atom is 0.0247 e. The molecule has 0 bridgehead atoms. The van der Waals surface area contributed by atoms with E-state index >= 15 is 0 Å². The molecule has 1 rings (SSSR count). The number of hydrogen-bond donors (Lipinski definition) is 0. The van der Waals surface area contributed by atoms with E-state index < -0.39 is 0 Å². The lowest BCUT2D eigenvalue weighted by Crippen LogP contribution is -1.90. The minimum Gasteiger partial charge on any atom is -0.0894 e. The van der Waals surface area contributed by atoms with Crippen molar-refractivity contribution in [2.45, 2.75) is 38.5 Å². The zero-order valence-electron chi connectivity index (χ0n) is 6.44. The fourth-order valence-corrected chi connectivity index (χ4v) is 1.65. The van der Waals surface area contributed by atoms with E-state index in [4.69, 9.17) is 12.6 Å². The summed E-state index contributed by atoms with van der Waals surface area (Å²) in [5, 5.41) is 0. The topological polar surface area (TPSA) is 0 Å². The highest BCUT2D eigenvalue weighted by molar-refractivity contribution is 7.80. The van der Waals surface area contributed by atoms with Crippen molar-refractivity contribution < 1.29 is 0 Å². The van der Waals surface area contributed by atoms with Gasteiger partial charge in [-0.25, -0.2) is 0 Å². The van der Waals surface area contributed by atoms with Crippen LogP contribution in [0.25, 0.3) is 0 Å². The minimum absolute atomic E-state index is 0.861. The van der Waals surface area contributed by atoms with Crippen LogP contribution in [0.1, 0.15) is 38.5 Å². The molecule has 1 heteroatoms. The number of allylic oxidation sites excluding steroid dienone is 1. The van der Waals surface area contributed by atoms with E-state index in [1.807, 2.05) is 0 Å². The molecule has 1 radical (unpaired) electrons. The first-order chi connectivity index (χ1) is 4.93. The average Bonchev–Trinajstić information content (AvgIpc) is 1.87. The fraction of sp³-hybridized carbons (Fsp3) is 0.778. The van der Waals surface area contributed by atoms with E-state index in [-0.39, 0.29) is 0 Å². The van der Waals surface area contributed by atoms with Crippen LogP contribution < -0.4 is 0 Å². The molecule has 57 valence electrons. The quantitative estimate of drug-likeness (QED) is 0.509. The molecule has 0 N–H and O–H groups in total. The molecule has 0 saturated carbocycles. The van der Waals surface area contributed by atoms with Gasteiger partial charge in [0.05, 0.1) is 0 Å². The molecule has 0 aromatic heterocycles. The van der Waals surface area contributed by atoms with Gasteiger partial charge in [0.15, 0.2) is 0 Å². The van der Waals surface area contributed by atoms with Gasteiger partial charge in [-0.05, 0) is 25.7 Å². The summed E-state index contributed by atoms with van der Waals surface area (Å²) in [5.74, 6) is 0.861. The van der Waals surface area contributed by atoms with Crippen LogP contribution in [-0.2, 0) is 0 Å². The van der Waals surface area contributed by atoms with E-state index in [1.165, 1.54) is 44.1 Å². The Morgan fingerprint density at radius 2 is 2.00 bits per heavy atom. The Balaban J connectivity index is 2.35. The van der Waals surface area contributed by atoms with E-state index in [1.54, 1.807) is 0 Å². The summed E-state index contributed by atoms with van der Waals surface area (Å²) in [4.78, 5) is 0. The summed E-state index contributed by atoms with van der Waals surface area (Å²) in [6.45, 7) is 0. The lowest BCUT2D eigenvalue weighted by molar-refractivity contribution is 0.626. The first kappa shape index (κ1) is 8.19. The van der Waals surface area contributed by atoms with Gasteiger partial charge < -0.3 is 0 Å². The summed E-state index contributed by atoms with van der Waals surface area (Å²) in [7, 11) is 0. The third-order valence-corrected chi connectivity index (χ3v) is 2.44. The Hall–Kier alpha value is 0.0900. The third kappa shape index (κ3) is 2.78. The summed E-state index contributed by atoms with van der Waals surface area (Å²) in [5.41, 5.74) is 1.51. The van der Waals surface area contributed by atoms with Gasteiger partial charge in [-0.2, -0.15) is 0 Å². The van der Waals surface area contributed by atoms with Crippen LogP contribution in [0.5, 0.6) is 0 Å². The first-order valence-electron chi connectivity index (χ1n) is 4.19. The monoisotopic (exact) mass is 155 g/mol. The van der Waals surface area contributed by atoms with E-state index in [2.05, 4.69) is 6.08 Å². The van der Waals surface area contributed by atoms with E-state index in [0.717, 1.165) is 5.75 Å². The van der Waals surface area contributed by atoms with Gasteiger partial charge in [0.1, 0.15) is 0 Å². The molecule has 0 fully saturated rings. The zero-order valence-corrected chi connectivity index (χ0v) is 7.25. The summed E-state index contributed by atoms with van der Waals surface area (Å²) < 4.78 is 0. The van der Waals surface area contributed by atoms with Gasteiger partial charge in [0, 0.05) is 5.75 Å². The van der Waals surface area contributed by atoms with Crippen molar-refractivity contribution in [3.63, 3.8) is 0 Å². The second-order valence-corrected chi connectivity index (χ2v) is 3.25. The Labute approximate surface area is 69.1 Å². The second-order valence-electron chi connectivity index (χ2n) is 2.96. The van der Waals surface area contributed by atoms with E-state index in [0.29, 0.717) is 0 Å².